The fraction of sp³-hybridized carbons (Fsp3) is 0.923. The molecule has 0 aromatic heterocycles. The highest BCUT2D eigenvalue weighted by Crippen LogP contribution is 2.05. The maximum atomic E-state index is 11.4. The Morgan fingerprint density at radius 3 is 2.41 bits per heavy atom. The van der Waals surface area contributed by atoms with Crippen LogP contribution in [0.2, 0.25) is 0 Å². The van der Waals surface area contributed by atoms with Gasteiger partial charge < -0.3 is 14.8 Å². The average molecular weight is 245 g/mol. The summed E-state index contributed by atoms with van der Waals surface area (Å²) in [5.74, 6) is -0.0512. The maximum Gasteiger partial charge on any atom is 0.246 e. The second-order valence-corrected chi connectivity index (χ2v) is 5.38. The Balaban J connectivity index is 3.34. The fourth-order valence-electron chi connectivity index (χ4n) is 1.11. The minimum atomic E-state index is -0.261. The summed E-state index contributed by atoms with van der Waals surface area (Å²) in [5.41, 5.74) is -0.261. The SMILES string of the molecule is CC(C)OCCCCNC(=O)COC(C)(C)C. The lowest BCUT2D eigenvalue weighted by Gasteiger charge is -2.18. The second-order valence-electron chi connectivity index (χ2n) is 5.38. The molecule has 0 radical (unpaired) electrons. The van der Waals surface area contributed by atoms with Crippen molar-refractivity contribution >= 4 is 5.91 Å². The highest BCUT2D eigenvalue weighted by atomic mass is 16.5. The van der Waals surface area contributed by atoms with Crippen molar-refractivity contribution in [1.29, 1.82) is 0 Å². The molecule has 0 atom stereocenters. The van der Waals surface area contributed by atoms with Crippen LogP contribution in [0.1, 0.15) is 47.5 Å². The van der Waals surface area contributed by atoms with Crippen LogP contribution in [0, 0.1) is 0 Å². The van der Waals surface area contributed by atoms with Crippen molar-refractivity contribution in [3.63, 3.8) is 0 Å². The molecule has 0 saturated heterocycles. The van der Waals surface area contributed by atoms with Gasteiger partial charge in [0.1, 0.15) is 6.61 Å². The molecule has 0 rings (SSSR count). The van der Waals surface area contributed by atoms with E-state index in [9.17, 15) is 4.79 Å². The number of hydrogen-bond donors (Lipinski definition) is 1. The lowest BCUT2D eigenvalue weighted by molar-refractivity contribution is -0.130. The molecule has 0 spiro atoms. The zero-order chi connectivity index (χ0) is 13.3. The van der Waals surface area contributed by atoms with Crippen LogP contribution in [0.25, 0.3) is 0 Å². The summed E-state index contributed by atoms with van der Waals surface area (Å²) in [6.45, 7) is 11.4. The van der Waals surface area contributed by atoms with Crippen molar-refractivity contribution in [2.24, 2.45) is 0 Å². The van der Waals surface area contributed by atoms with E-state index in [1.54, 1.807) is 0 Å². The lowest BCUT2D eigenvalue weighted by Crippen LogP contribution is -2.32. The molecule has 0 aliphatic heterocycles. The monoisotopic (exact) mass is 245 g/mol. The van der Waals surface area contributed by atoms with Gasteiger partial charge in [-0.25, -0.2) is 0 Å². The molecule has 0 saturated carbocycles. The van der Waals surface area contributed by atoms with E-state index in [2.05, 4.69) is 5.32 Å². The van der Waals surface area contributed by atoms with Gasteiger partial charge in [-0.3, -0.25) is 4.79 Å². The number of amides is 1. The third-order valence-electron chi connectivity index (χ3n) is 1.98. The molecule has 0 bridgehead atoms. The number of rotatable bonds is 8. The molecule has 0 aromatic rings. The molecule has 0 fully saturated rings. The van der Waals surface area contributed by atoms with Crippen LogP contribution >= 0.6 is 0 Å². The number of nitrogens with one attached hydrogen (secondary N) is 1. The van der Waals surface area contributed by atoms with Crippen molar-refractivity contribution in [2.45, 2.75) is 59.2 Å². The molecule has 102 valence electrons. The average Bonchev–Trinajstić information content (AvgIpc) is 2.19. The van der Waals surface area contributed by atoms with Crippen molar-refractivity contribution in [1.82, 2.24) is 5.32 Å². The Hall–Kier alpha value is -0.610. The summed E-state index contributed by atoms with van der Waals surface area (Å²) in [6.07, 6.45) is 2.19. The Labute approximate surface area is 105 Å². The molecular weight excluding hydrogens is 218 g/mol. The van der Waals surface area contributed by atoms with Crippen LogP contribution < -0.4 is 5.32 Å². The van der Waals surface area contributed by atoms with E-state index in [1.165, 1.54) is 0 Å². The molecule has 0 aliphatic rings. The van der Waals surface area contributed by atoms with Gasteiger partial charge in [-0.2, -0.15) is 0 Å². The predicted octanol–water partition coefficient (Wildman–Crippen LogP) is 2.12. The largest absolute Gasteiger partial charge is 0.379 e. The van der Waals surface area contributed by atoms with E-state index in [0.29, 0.717) is 6.54 Å². The van der Waals surface area contributed by atoms with Crippen molar-refractivity contribution in [3.05, 3.63) is 0 Å². The Bertz CT molecular complexity index is 209. The van der Waals surface area contributed by atoms with E-state index in [0.717, 1.165) is 19.4 Å². The Morgan fingerprint density at radius 2 is 1.88 bits per heavy atom. The van der Waals surface area contributed by atoms with Crippen molar-refractivity contribution in [3.8, 4) is 0 Å². The molecule has 4 nitrogen and oxygen atoms in total. The quantitative estimate of drug-likeness (QED) is 0.666. The molecule has 0 heterocycles. The molecular formula is C13H27NO3. The number of ether oxygens (including phenoxy) is 2. The van der Waals surface area contributed by atoms with Crippen LogP contribution in [0.4, 0.5) is 0 Å². The lowest BCUT2D eigenvalue weighted by atomic mass is 10.2. The van der Waals surface area contributed by atoms with Crippen LogP contribution in [-0.2, 0) is 14.3 Å². The van der Waals surface area contributed by atoms with Gasteiger partial charge in [0.05, 0.1) is 11.7 Å². The van der Waals surface area contributed by atoms with Crippen molar-refractivity contribution < 1.29 is 14.3 Å². The molecule has 0 unspecified atom stereocenters. The topological polar surface area (TPSA) is 47.6 Å². The third-order valence-corrected chi connectivity index (χ3v) is 1.98. The van der Waals surface area contributed by atoms with Gasteiger partial charge in [0, 0.05) is 13.2 Å². The van der Waals surface area contributed by atoms with Crippen molar-refractivity contribution in [2.75, 3.05) is 19.8 Å². The summed E-state index contributed by atoms with van der Waals surface area (Å²) in [4.78, 5) is 11.4. The zero-order valence-corrected chi connectivity index (χ0v) is 11.8. The smallest absolute Gasteiger partial charge is 0.246 e. The zero-order valence-electron chi connectivity index (χ0n) is 11.8. The summed E-state index contributed by atoms with van der Waals surface area (Å²) in [5, 5.41) is 2.82. The number of hydrogen-bond acceptors (Lipinski definition) is 3. The summed E-state index contributed by atoms with van der Waals surface area (Å²) < 4.78 is 10.8. The molecule has 4 heteroatoms. The van der Waals surface area contributed by atoms with Crippen LogP contribution in [0.15, 0.2) is 0 Å². The van der Waals surface area contributed by atoms with Gasteiger partial charge in [0.15, 0.2) is 0 Å². The molecule has 1 N–H and O–H groups in total. The number of carbonyl (C=O) groups is 1. The third kappa shape index (κ3) is 13.3. The standard InChI is InChI=1S/C13H27NO3/c1-11(2)16-9-7-6-8-14-12(15)10-17-13(3,4)5/h11H,6-10H2,1-5H3,(H,14,15). The van der Waals surface area contributed by atoms with Gasteiger partial charge in [-0.05, 0) is 47.5 Å². The Morgan fingerprint density at radius 1 is 1.24 bits per heavy atom. The van der Waals surface area contributed by atoms with Gasteiger partial charge in [-0.1, -0.05) is 0 Å². The Kier molecular flexibility index (Phi) is 8.17. The van der Waals surface area contributed by atoms with E-state index < -0.39 is 0 Å². The second kappa shape index (κ2) is 8.48. The molecule has 1 amide bonds. The fourth-order valence-corrected chi connectivity index (χ4v) is 1.11. The number of carbonyl (C=O) groups excluding carboxylic acids is 1. The maximum absolute atomic E-state index is 11.4. The minimum absolute atomic E-state index is 0.0512. The highest BCUT2D eigenvalue weighted by Gasteiger charge is 2.12. The predicted molar refractivity (Wildman–Crippen MR) is 69.0 cm³/mol. The summed E-state index contributed by atoms with van der Waals surface area (Å²) in [7, 11) is 0. The van der Waals surface area contributed by atoms with E-state index in [-0.39, 0.29) is 24.2 Å². The van der Waals surface area contributed by atoms with Crippen LogP contribution in [0.5, 0.6) is 0 Å². The minimum Gasteiger partial charge on any atom is -0.379 e. The first-order chi connectivity index (χ1) is 7.81. The van der Waals surface area contributed by atoms with Crippen LogP contribution in [-0.4, -0.2) is 37.4 Å². The highest BCUT2D eigenvalue weighted by molar-refractivity contribution is 5.77. The first-order valence-corrected chi connectivity index (χ1v) is 6.33. The van der Waals surface area contributed by atoms with E-state index in [1.807, 2.05) is 34.6 Å². The summed E-state index contributed by atoms with van der Waals surface area (Å²) >= 11 is 0. The normalized spacial score (nSPS) is 11.9. The summed E-state index contributed by atoms with van der Waals surface area (Å²) in [6, 6.07) is 0. The first kappa shape index (κ1) is 16.4. The van der Waals surface area contributed by atoms with Gasteiger partial charge >= 0.3 is 0 Å². The first-order valence-electron chi connectivity index (χ1n) is 6.33. The van der Waals surface area contributed by atoms with Gasteiger partial charge in [0.2, 0.25) is 5.91 Å². The van der Waals surface area contributed by atoms with E-state index >= 15 is 0 Å². The van der Waals surface area contributed by atoms with Gasteiger partial charge in [-0.15, -0.1) is 0 Å². The molecule has 0 aliphatic carbocycles. The van der Waals surface area contributed by atoms with E-state index in [4.69, 9.17) is 9.47 Å². The molecule has 17 heavy (non-hydrogen) atoms. The van der Waals surface area contributed by atoms with Crippen LogP contribution in [0.3, 0.4) is 0 Å². The van der Waals surface area contributed by atoms with Gasteiger partial charge in [0.25, 0.3) is 0 Å². The number of unbranched alkanes of at least 4 members (excludes halogenated alkanes) is 1. The molecule has 0 aromatic carbocycles.